The number of aryl methyl sites for hydroxylation is 2. The molecule has 2 aromatic rings. The van der Waals surface area contributed by atoms with Gasteiger partial charge in [-0.15, -0.1) is 11.3 Å². The van der Waals surface area contributed by atoms with E-state index in [0.717, 1.165) is 59.7 Å². The van der Waals surface area contributed by atoms with Gasteiger partial charge in [-0.25, -0.2) is 15.0 Å². The maximum absolute atomic E-state index is 4.59. The predicted octanol–water partition coefficient (Wildman–Crippen LogP) is 3.20. The number of nitrogens with one attached hydrogen (secondary N) is 2. The van der Waals surface area contributed by atoms with E-state index in [2.05, 4.69) is 44.8 Å². The van der Waals surface area contributed by atoms with E-state index in [1.54, 1.807) is 11.3 Å². The van der Waals surface area contributed by atoms with Crippen molar-refractivity contribution in [3.05, 3.63) is 27.5 Å². The summed E-state index contributed by atoms with van der Waals surface area (Å²) in [5.41, 5.74) is 2.17. The van der Waals surface area contributed by atoms with E-state index in [-0.39, 0.29) is 0 Å². The van der Waals surface area contributed by atoms with Crippen molar-refractivity contribution in [1.29, 1.82) is 0 Å². The summed E-state index contributed by atoms with van der Waals surface area (Å²) >= 11 is 1.71. The topological polar surface area (TPSA) is 62.7 Å². The van der Waals surface area contributed by atoms with Gasteiger partial charge in [-0.2, -0.15) is 0 Å². The molecule has 0 fully saturated rings. The van der Waals surface area contributed by atoms with E-state index < -0.39 is 0 Å². The zero-order valence-electron chi connectivity index (χ0n) is 13.2. The van der Waals surface area contributed by atoms with Crippen LogP contribution in [0.15, 0.2) is 5.38 Å². The molecule has 21 heavy (non-hydrogen) atoms. The van der Waals surface area contributed by atoms with E-state index in [1.165, 1.54) is 0 Å². The second kappa shape index (κ2) is 7.36. The van der Waals surface area contributed by atoms with Gasteiger partial charge in [-0.05, 0) is 20.8 Å². The molecule has 0 aliphatic rings. The average Bonchev–Trinajstić information content (AvgIpc) is 2.88. The second-order valence-corrected chi connectivity index (χ2v) is 5.85. The standard InChI is InChI=1S/C15H23N5S/c1-5-12-19-14(16-6-2)11(4)15(20-12)17-8-7-13-18-10(3)9-21-13/h9H,5-8H2,1-4H3,(H2,16,17,19,20). The highest BCUT2D eigenvalue weighted by molar-refractivity contribution is 7.09. The Bertz CT molecular complexity index is 594. The molecule has 2 N–H and O–H groups in total. The maximum Gasteiger partial charge on any atom is 0.134 e. The van der Waals surface area contributed by atoms with Gasteiger partial charge in [-0.3, -0.25) is 0 Å². The molecule has 0 amide bonds. The van der Waals surface area contributed by atoms with Crippen LogP contribution in [-0.4, -0.2) is 28.0 Å². The molecule has 0 aliphatic carbocycles. The molecule has 0 saturated carbocycles. The molecule has 2 rings (SSSR count). The molecule has 0 unspecified atom stereocenters. The number of hydrogen-bond donors (Lipinski definition) is 2. The Morgan fingerprint density at radius 3 is 2.33 bits per heavy atom. The quantitative estimate of drug-likeness (QED) is 0.822. The summed E-state index contributed by atoms with van der Waals surface area (Å²) in [6.07, 6.45) is 1.75. The van der Waals surface area contributed by atoms with Crippen LogP contribution in [0.4, 0.5) is 11.6 Å². The first-order chi connectivity index (χ1) is 10.1. The van der Waals surface area contributed by atoms with E-state index in [0.29, 0.717) is 0 Å². The first kappa shape index (κ1) is 15.7. The summed E-state index contributed by atoms with van der Waals surface area (Å²) in [5.74, 6) is 2.71. The van der Waals surface area contributed by atoms with Crippen LogP contribution in [0.3, 0.4) is 0 Å². The molecule has 0 radical (unpaired) electrons. The van der Waals surface area contributed by atoms with E-state index in [9.17, 15) is 0 Å². The Hall–Kier alpha value is -1.69. The van der Waals surface area contributed by atoms with Crippen molar-refractivity contribution in [2.75, 3.05) is 23.7 Å². The molecule has 114 valence electrons. The molecule has 0 atom stereocenters. The third kappa shape index (κ3) is 4.14. The molecule has 2 heterocycles. The summed E-state index contributed by atoms with van der Waals surface area (Å²) in [6.45, 7) is 9.91. The van der Waals surface area contributed by atoms with Crippen LogP contribution in [0.5, 0.6) is 0 Å². The summed E-state index contributed by atoms with van der Waals surface area (Å²) in [7, 11) is 0. The van der Waals surface area contributed by atoms with E-state index >= 15 is 0 Å². The fourth-order valence-electron chi connectivity index (χ4n) is 2.04. The van der Waals surface area contributed by atoms with Gasteiger partial charge in [0.05, 0.1) is 5.01 Å². The SMILES string of the molecule is CCNc1nc(CC)nc(NCCc2nc(C)cs2)c1C. The van der Waals surface area contributed by atoms with Crippen LogP contribution in [0, 0.1) is 13.8 Å². The number of aromatic nitrogens is 3. The van der Waals surface area contributed by atoms with Crippen molar-refractivity contribution in [3.8, 4) is 0 Å². The van der Waals surface area contributed by atoms with Gasteiger partial charge in [-0.1, -0.05) is 6.92 Å². The molecular weight excluding hydrogens is 282 g/mol. The third-order valence-corrected chi connectivity index (χ3v) is 4.18. The van der Waals surface area contributed by atoms with Crippen LogP contribution >= 0.6 is 11.3 Å². The van der Waals surface area contributed by atoms with Crippen molar-refractivity contribution in [2.45, 2.75) is 40.5 Å². The summed E-state index contributed by atoms with van der Waals surface area (Å²) in [6, 6.07) is 0. The van der Waals surface area contributed by atoms with Crippen molar-refractivity contribution >= 4 is 23.0 Å². The molecule has 5 nitrogen and oxygen atoms in total. The first-order valence-corrected chi connectivity index (χ1v) is 8.28. The van der Waals surface area contributed by atoms with Crippen molar-refractivity contribution in [3.63, 3.8) is 0 Å². The number of rotatable bonds is 7. The summed E-state index contributed by atoms with van der Waals surface area (Å²) in [5, 5.41) is 9.97. The minimum absolute atomic E-state index is 0.832. The molecule has 0 aromatic carbocycles. The van der Waals surface area contributed by atoms with Crippen LogP contribution in [0.2, 0.25) is 0 Å². The van der Waals surface area contributed by atoms with E-state index in [1.807, 2.05) is 13.8 Å². The van der Waals surface area contributed by atoms with Crippen LogP contribution in [0.25, 0.3) is 0 Å². The highest BCUT2D eigenvalue weighted by atomic mass is 32.1. The predicted molar refractivity (Wildman–Crippen MR) is 89.4 cm³/mol. The molecule has 0 bridgehead atoms. The number of thiazole rings is 1. The molecule has 6 heteroatoms. The number of anilines is 2. The lowest BCUT2D eigenvalue weighted by molar-refractivity contribution is 0.909. The maximum atomic E-state index is 4.59. The van der Waals surface area contributed by atoms with Crippen LogP contribution in [0.1, 0.15) is 35.9 Å². The molecule has 2 aromatic heterocycles. The molecular formula is C15H23N5S. The smallest absolute Gasteiger partial charge is 0.134 e. The zero-order chi connectivity index (χ0) is 15.2. The average molecular weight is 305 g/mol. The van der Waals surface area contributed by atoms with E-state index in [4.69, 9.17) is 0 Å². The van der Waals surface area contributed by atoms with Gasteiger partial charge in [0, 0.05) is 42.6 Å². The summed E-state index contributed by atoms with van der Waals surface area (Å²) in [4.78, 5) is 13.6. The normalized spacial score (nSPS) is 10.7. The molecule has 0 spiro atoms. The summed E-state index contributed by atoms with van der Waals surface area (Å²) < 4.78 is 0. The lowest BCUT2D eigenvalue weighted by atomic mass is 10.2. The molecule has 0 aliphatic heterocycles. The fraction of sp³-hybridized carbons (Fsp3) is 0.533. The Morgan fingerprint density at radius 2 is 1.76 bits per heavy atom. The Kier molecular flexibility index (Phi) is 5.50. The first-order valence-electron chi connectivity index (χ1n) is 7.40. The Labute approximate surface area is 130 Å². The van der Waals surface area contributed by atoms with Gasteiger partial charge in [0.1, 0.15) is 17.5 Å². The minimum Gasteiger partial charge on any atom is -0.370 e. The highest BCUT2D eigenvalue weighted by Crippen LogP contribution is 2.20. The van der Waals surface area contributed by atoms with Gasteiger partial charge in [0.25, 0.3) is 0 Å². The second-order valence-electron chi connectivity index (χ2n) is 4.91. The Morgan fingerprint density at radius 1 is 1.05 bits per heavy atom. The van der Waals surface area contributed by atoms with Crippen molar-refractivity contribution in [1.82, 2.24) is 15.0 Å². The lowest BCUT2D eigenvalue weighted by Gasteiger charge is -2.13. The van der Waals surface area contributed by atoms with Crippen molar-refractivity contribution < 1.29 is 0 Å². The zero-order valence-corrected chi connectivity index (χ0v) is 14.0. The van der Waals surface area contributed by atoms with Gasteiger partial charge < -0.3 is 10.6 Å². The van der Waals surface area contributed by atoms with Crippen molar-refractivity contribution in [2.24, 2.45) is 0 Å². The van der Waals surface area contributed by atoms with Gasteiger partial charge in [0.15, 0.2) is 0 Å². The van der Waals surface area contributed by atoms with Crippen LogP contribution in [-0.2, 0) is 12.8 Å². The number of nitrogens with zero attached hydrogens (tertiary/aromatic N) is 3. The lowest BCUT2D eigenvalue weighted by Crippen LogP contribution is -2.12. The number of hydrogen-bond acceptors (Lipinski definition) is 6. The minimum atomic E-state index is 0.832. The van der Waals surface area contributed by atoms with Crippen LogP contribution < -0.4 is 10.6 Å². The highest BCUT2D eigenvalue weighted by Gasteiger charge is 2.09. The van der Waals surface area contributed by atoms with Gasteiger partial charge in [0.2, 0.25) is 0 Å². The Balaban J connectivity index is 2.05. The third-order valence-electron chi connectivity index (χ3n) is 3.15. The monoisotopic (exact) mass is 305 g/mol. The molecule has 0 saturated heterocycles. The largest absolute Gasteiger partial charge is 0.370 e. The van der Waals surface area contributed by atoms with Gasteiger partial charge >= 0.3 is 0 Å². The fourth-order valence-corrected chi connectivity index (χ4v) is 2.81.